The van der Waals surface area contributed by atoms with E-state index < -0.39 is 0 Å². The molecule has 6 heteroatoms. The van der Waals surface area contributed by atoms with Crippen LogP contribution in [0, 0.1) is 6.92 Å². The maximum Gasteiger partial charge on any atom is 0.191 e. The normalized spacial score (nSPS) is 15.9. The van der Waals surface area contributed by atoms with Crippen LogP contribution in [0.4, 0.5) is 0 Å². The van der Waals surface area contributed by atoms with Gasteiger partial charge in [0.05, 0.1) is 0 Å². The molecule has 2 aromatic rings. The first-order valence-electron chi connectivity index (χ1n) is 7.44. The minimum Gasteiger partial charge on any atom is -0.370 e. The fourth-order valence-electron chi connectivity index (χ4n) is 2.83. The average Bonchev–Trinajstić information content (AvgIpc) is 2.93. The van der Waals surface area contributed by atoms with Gasteiger partial charge in [0.25, 0.3) is 0 Å². The number of aromatic amines is 1. The average molecular weight is 430 g/mol. The lowest BCUT2D eigenvalue weighted by Crippen LogP contribution is -2.42. The van der Waals surface area contributed by atoms with E-state index in [1.54, 1.807) is 0 Å². The topological polar surface area (TPSA) is 57.4 Å². The smallest absolute Gasteiger partial charge is 0.191 e. The van der Waals surface area contributed by atoms with Crippen LogP contribution in [0.25, 0.3) is 10.9 Å². The number of nitrogens with zero attached hydrogens (tertiary/aromatic N) is 2. The van der Waals surface area contributed by atoms with Crippen molar-refractivity contribution in [3.63, 3.8) is 0 Å². The van der Waals surface area contributed by atoms with Crippen LogP contribution in [0.5, 0.6) is 0 Å². The van der Waals surface area contributed by atoms with E-state index in [0.29, 0.717) is 5.96 Å². The number of guanidine groups is 1. The molecular weight excluding hydrogens is 407 g/mol. The standard InChI is InChI=1S/C16H22N4S.HI/c1-12-3-2-4-14-15(12)13(11-19-14)5-6-18-16(17)20-7-9-21-10-8-20;/h2-4,11,19H,5-10H2,1H3,(H2,17,18);1H. The van der Waals surface area contributed by atoms with Gasteiger partial charge in [0.15, 0.2) is 5.96 Å². The molecule has 120 valence electrons. The number of nitrogens with one attached hydrogen (secondary N) is 1. The van der Waals surface area contributed by atoms with E-state index in [0.717, 1.165) is 37.6 Å². The van der Waals surface area contributed by atoms with E-state index in [4.69, 9.17) is 5.73 Å². The highest BCUT2D eigenvalue weighted by atomic mass is 127. The molecule has 0 saturated carbocycles. The summed E-state index contributed by atoms with van der Waals surface area (Å²) < 4.78 is 0. The maximum absolute atomic E-state index is 6.09. The molecule has 1 aliphatic heterocycles. The molecule has 0 radical (unpaired) electrons. The number of aliphatic imine (C=N–C) groups is 1. The molecule has 3 rings (SSSR count). The Labute approximate surface area is 152 Å². The van der Waals surface area contributed by atoms with Gasteiger partial charge in [-0.05, 0) is 30.5 Å². The van der Waals surface area contributed by atoms with E-state index in [2.05, 4.69) is 46.2 Å². The molecule has 1 aromatic heterocycles. The van der Waals surface area contributed by atoms with Crippen molar-refractivity contribution in [3.05, 3.63) is 35.5 Å². The zero-order valence-electron chi connectivity index (χ0n) is 12.8. The van der Waals surface area contributed by atoms with Gasteiger partial charge in [-0.3, -0.25) is 4.99 Å². The lowest BCUT2D eigenvalue weighted by Gasteiger charge is -2.27. The SMILES string of the molecule is Cc1cccc2[nH]cc(CCN=C(N)N3CCSCC3)c12.I. The van der Waals surface area contributed by atoms with E-state index in [-0.39, 0.29) is 24.0 Å². The van der Waals surface area contributed by atoms with Crippen molar-refractivity contribution in [2.75, 3.05) is 31.1 Å². The predicted molar refractivity (Wildman–Crippen MR) is 108 cm³/mol. The third-order valence-electron chi connectivity index (χ3n) is 3.99. The minimum absolute atomic E-state index is 0. The van der Waals surface area contributed by atoms with Crippen molar-refractivity contribution in [1.82, 2.24) is 9.88 Å². The summed E-state index contributed by atoms with van der Waals surface area (Å²) in [6.07, 6.45) is 3.02. The van der Waals surface area contributed by atoms with Crippen LogP contribution in [0.2, 0.25) is 0 Å². The van der Waals surface area contributed by atoms with E-state index in [1.807, 2.05) is 11.8 Å². The molecule has 4 nitrogen and oxygen atoms in total. The van der Waals surface area contributed by atoms with Crippen molar-refractivity contribution in [2.24, 2.45) is 10.7 Å². The van der Waals surface area contributed by atoms with Crippen molar-refractivity contribution in [1.29, 1.82) is 0 Å². The van der Waals surface area contributed by atoms with Gasteiger partial charge in [0.2, 0.25) is 0 Å². The summed E-state index contributed by atoms with van der Waals surface area (Å²) in [5.74, 6) is 3.00. The number of thioether (sulfide) groups is 1. The third kappa shape index (κ3) is 3.90. The molecule has 3 N–H and O–H groups in total. The highest BCUT2D eigenvalue weighted by Crippen LogP contribution is 2.22. The molecule has 1 saturated heterocycles. The number of nitrogens with two attached hydrogens (primary N) is 1. The van der Waals surface area contributed by atoms with Gasteiger partial charge < -0.3 is 15.6 Å². The van der Waals surface area contributed by atoms with Gasteiger partial charge in [0.1, 0.15) is 0 Å². The summed E-state index contributed by atoms with van der Waals surface area (Å²) in [6, 6.07) is 6.36. The zero-order chi connectivity index (χ0) is 14.7. The van der Waals surface area contributed by atoms with Crippen LogP contribution in [-0.2, 0) is 6.42 Å². The van der Waals surface area contributed by atoms with Crippen LogP contribution in [-0.4, -0.2) is 47.0 Å². The van der Waals surface area contributed by atoms with Gasteiger partial charge in [0, 0.05) is 48.2 Å². The van der Waals surface area contributed by atoms with E-state index in [9.17, 15) is 0 Å². The van der Waals surface area contributed by atoms with Gasteiger partial charge in [-0.15, -0.1) is 24.0 Å². The van der Waals surface area contributed by atoms with Crippen LogP contribution in [0.15, 0.2) is 29.4 Å². The molecule has 0 unspecified atom stereocenters. The fourth-order valence-corrected chi connectivity index (χ4v) is 3.73. The van der Waals surface area contributed by atoms with E-state index in [1.165, 1.54) is 22.0 Å². The Morgan fingerprint density at radius 2 is 2.14 bits per heavy atom. The second-order valence-corrected chi connectivity index (χ2v) is 6.63. The molecule has 1 aromatic carbocycles. The highest BCUT2D eigenvalue weighted by molar-refractivity contribution is 14.0. The van der Waals surface area contributed by atoms with Crippen LogP contribution < -0.4 is 5.73 Å². The summed E-state index contributed by atoms with van der Waals surface area (Å²) in [6.45, 7) is 4.94. The van der Waals surface area contributed by atoms with Crippen LogP contribution in [0.3, 0.4) is 0 Å². The second-order valence-electron chi connectivity index (χ2n) is 5.40. The summed E-state index contributed by atoms with van der Waals surface area (Å²) in [4.78, 5) is 10.1. The number of H-pyrrole nitrogens is 1. The Morgan fingerprint density at radius 1 is 1.36 bits per heavy atom. The number of halogens is 1. The Bertz CT molecular complexity index is 647. The van der Waals surface area contributed by atoms with E-state index >= 15 is 0 Å². The van der Waals surface area contributed by atoms with Gasteiger partial charge in [-0.2, -0.15) is 11.8 Å². The molecular formula is C16H23IN4S. The van der Waals surface area contributed by atoms with Gasteiger partial charge in [-0.1, -0.05) is 12.1 Å². The molecule has 0 amide bonds. The first-order chi connectivity index (χ1) is 10.3. The number of rotatable bonds is 3. The molecule has 1 aliphatic rings. The first-order valence-corrected chi connectivity index (χ1v) is 8.59. The van der Waals surface area contributed by atoms with Crippen LogP contribution in [0.1, 0.15) is 11.1 Å². The summed E-state index contributed by atoms with van der Waals surface area (Å²) in [5, 5.41) is 1.33. The Kier molecular flexibility index (Phi) is 6.43. The Hall–Kier alpha value is -0.890. The number of hydrogen-bond acceptors (Lipinski definition) is 2. The number of aryl methyl sites for hydroxylation is 1. The van der Waals surface area contributed by atoms with Crippen molar-refractivity contribution in [2.45, 2.75) is 13.3 Å². The molecule has 22 heavy (non-hydrogen) atoms. The number of hydrogen-bond donors (Lipinski definition) is 2. The first kappa shape index (κ1) is 17.5. The number of fused-ring (bicyclic) bond motifs is 1. The Morgan fingerprint density at radius 3 is 2.91 bits per heavy atom. The molecule has 0 aliphatic carbocycles. The summed E-state index contributed by atoms with van der Waals surface area (Å²) in [7, 11) is 0. The minimum atomic E-state index is 0. The summed E-state index contributed by atoms with van der Waals surface area (Å²) in [5.41, 5.74) is 9.93. The van der Waals surface area contributed by atoms with Crippen LogP contribution >= 0.6 is 35.7 Å². The quantitative estimate of drug-likeness (QED) is 0.447. The number of benzene rings is 1. The molecule has 0 bridgehead atoms. The zero-order valence-corrected chi connectivity index (χ0v) is 16.0. The molecule has 2 heterocycles. The second kappa shape index (κ2) is 8.10. The third-order valence-corrected chi connectivity index (χ3v) is 4.93. The largest absolute Gasteiger partial charge is 0.370 e. The predicted octanol–water partition coefficient (Wildman–Crippen LogP) is 3.00. The molecule has 0 spiro atoms. The van der Waals surface area contributed by atoms with Crippen molar-refractivity contribution >= 4 is 52.6 Å². The van der Waals surface area contributed by atoms with Crippen molar-refractivity contribution < 1.29 is 0 Å². The number of aromatic nitrogens is 1. The highest BCUT2D eigenvalue weighted by Gasteiger charge is 2.12. The lowest BCUT2D eigenvalue weighted by molar-refractivity contribution is 0.456. The van der Waals surface area contributed by atoms with Gasteiger partial charge in [-0.25, -0.2) is 0 Å². The lowest BCUT2D eigenvalue weighted by atomic mass is 10.1. The monoisotopic (exact) mass is 430 g/mol. The summed E-state index contributed by atoms with van der Waals surface area (Å²) >= 11 is 1.98. The molecule has 0 atom stereocenters. The maximum atomic E-state index is 6.09. The Balaban J connectivity index is 0.00000176. The van der Waals surface area contributed by atoms with Crippen molar-refractivity contribution in [3.8, 4) is 0 Å². The fraction of sp³-hybridized carbons (Fsp3) is 0.438. The van der Waals surface area contributed by atoms with Gasteiger partial charge >= 0.3 is 0 Å². The molecule has 1 fully saturated rings.